The fraction of sp³-hybridized carbons (Fsp3) is 0.172. The van der Waals surface area contributed by atoms with Crippen LogP contribution in [0.4, 0.5) is 5.82 Å². The van der Waals surface area contributed by atoms with Crippen molar-refractivity contribution >= 4 is 45.0 Å². The number of nitriles is 1. The molecule has 0 N–H and O–H groups in total. The number of nitrogens with zero attached hydrogens (tertiary/aromatic N) is 5. The fourth-order valence-corrected chi connectivity index (χ4v) is 5.09. The van der Waals surface area contributed by atoms with Gasteiger partial charge in [0.25, 0.3) is 0 Å². The smallest absolute Gasteiger partial charge is 0.234 e. The lowest BCUT2D eigenvalue weighted by Crippen LogP contribution is -2.37. The molecule has 4 heterocycles. The summed E-state index contributed by atoms with van der Waals surface area (Å²) in [6.07, 6.45) is 11.8. The van der Waals surface area contributed by atoms with Gasteiger partial charge >= 0.3 is 0 Å². The van der Waals surface area contributed by atoms with E-state index in [0.29, 0.717) is 5.57 Å². The van der Waals surface area contributed by atoms with Crippen molar-refractivity contribution in [2.45, 2.75) is 12.8 Å². The van der Waals surface area contributed by atoms with Gasteiger partial charge < -0.3 is 9.32 Å². The zero-order valence-electron chi connectivity index (χ0n) is 19.5. The van der Waals surface area contributed by atoms with Crippen molar-refractivity contribution in [3.8, 4) is 6.07 Å². The number of allylic oxidation sites excluding steroid dienone is 1. The Kier molecular flexibility index (Phi) is 5.55. The van der Waals surface area contributed by atoms with Crippen LogP contribution >= 0.6 is 0 Å². The van der Waals surface area contributed by atoms with Gasteiger partial charge in [-0.05, 0) is 42.0 Å². The molecule has 6 rings (SSSR count). The third-order valence-electron chi connectivity index (χ3n) is 6.96. The number of hydrogen-bond acceptors (Lipinski definition) is 6. The lowest BCUT2D eigenvalue weighted by molar-refractivity contribution is 0.0819. The third kappa shape index (κ3) is 3.83. The van der Waals surface area contributed by atoms with Gasteiger partial charge in [0, 0.05) is 53.9 Å². The molecule has 0 saturated carbocycles. The molecule has 7 nitrogen and oxygen atoms in total. The van der Waals surface area contributed by atoms with Gasteiger partial charge in [-0.1, -0.05) is 36.4 Å². The summed E-state index contributed by atoms with van der Waals surface area (Å²) in [4.78, 5) is 24.2. The van der Waals surface area contributed by atoms with Crippen LogP contribution in [0.5, 0.6) is 0 Å². The number of aromatic nitrogens is 3. The molecule has 0 aliphatic carbocycles. The maximum Gasteiger partial charge on any atom is 0.234 e. The van der Waals surface area contributed by atoms with Gasteiger partial charge in [0.1, 0.15) is 6.26 Å². The SMILES string of the molecule is N#CC(=Cc1cccc2cnccc12)c1cn(C(=O)C2CCN(c3cocn3)CC2)c2ccccc12. The molecule has 1 aliphatic rings. The third-order valence-corrected chi connectivity index (χ3v) is 6.96. The molecular weight excluding hydrogens is 450 g/mol. The van der Waals surface area contributed by atoms with E-state index >= 15 is 0 Å². The Morgan fingerprint density at radius 3 is 2.75 bits per heavy atom. The Balaban J connectivity index is 1.36. The van der Waals surface area contributed by atoms with Gasteiger partial charge in [-0.15, -0.1) is 0 Å². The molecule has 1 fully saturated rings. The molecule has 0 spiro atoms. The first-order valence-electron chi connectivity index (χ1n) is 12.0. The predicted molar refractivity (Wildman–Crippen MR) is 139 cm³/mol. The summed E-state index contributed by atoms with van der Waals surface area (Å²) in [5, 5.41) is 13.1. The number of rotatable bonds is 4. The van der Waals surface area contributed by atoms with E-state index in [4.69, 9.17) is 4.42 Å². The van der Waals surface area contributed by atoms with Crippen LogP contribution in [-0.4, -0.2) is 33.5 Å². The number of oxazole rings is 1. The Morgan fingerprint density at radius 2 is 1.94 bits per heavy atom. The average Bonchev–Trinajstić information content (AvgIpc) is 3.61. The second kappa shape index (κ2) is 9.16. The van der Waals surface area contributed by atoms with E-state index in [1.807, 2.05) is 67.0 Å². The van der Waals surface area contributed by atoms with Crippen LogP contribution in [0.15, 0.2) is 84.2 Å². The molecular formula is C29H23N5O2. The minimum Gasteiger partial charge on any atom is -0.449 e. The van der Waals surface area contributed by atoms with Gasteiger partial charge in [0.05, 0.1) is 17.2 Å². The van der Waals surface area contributed by atoms with Crippen LogP contribution in [0.2, 0.25) is 0 Å². The number of para-hydroxylation sites is 1. The highest BCUT2D eigenvalue weighted by molar-refractivity contribution is 6.06. The van der Waals surface area contributed by atoms with E-state index in [9.17, 15) is 10.1 Å². The monoisotopic (exact) mass is 473 g/mol. The zero-order valence-corrected chi connectivity index (χ0v) is 19.5. The molecule has 1 saturated heterocycles. The van der Waals surface area contributed by atoms with Crippen LogP contribution in [0.25, 0.3) is 33.3 Å². The van der Waals surface area contributed by atoms with Crippen LogP contribution in [0, 0.1) is 17.2 Å². The minimum absolute atomic E-state index is 0.0609. The quantitative estimate of drug-likeness (QED) is 0.307. The molecule has 0 bridgehead atoms. The summed E-state index contributed by atoms with van der Waals surface area (Å²) in [5.74, 6) is 0.769. The second-order valence-corrected chi connectivity index (χ2v) is 8.99. The Bertz CT molecular complexity index is 1630. The standard InChI is InChI=1S/C29H23N5O2/c30-15-23(14-21-4-3-5-22-16-31-11-8-24(21)22)26-17-34(27-7-2-1-6-25(26)27)29(35)20-9-12-33(13-10-20)28-18-36-19-32-28/h1-8,11,14,16-20H,9-10,12-13H2. The van der Waals surface area contributed by atoms with E-state index < -0.39 is 0 Å². The minimum atomic E-state index is -0.100. The molecule has 0 atom stereocenters. The van der Waals surface area contributed by atoms with Crippen molar-refractivity contribution in [1.29, 1.82) is 5.26 Å². The lowest BCUT2D eigenvalue weighted by atomic mass is 9.96. The molecule has 0 amide bonds. The van der Waals surface area contributed by atoms with Crippen molar-refractivity contribution in [2.75, 3.05) is 18.0 Å². The van der Waals surface area contributed by atoms with Crippen LogP contribution in [0.1, 0.15) is 28.8 Å². The zero-order chi connectivity index (χ0) is 24.5. The van der Waals surface area contributed by atoms with E-state index in [1.54, 1.807) is 17.0 Å². The Morgan fingerprint density at radius 1 is 1.08 bits per heavy atom. The van der Waals surface area contributed by atoms with Gasteiger partial charge in [-0.25, -0.2) is 0 Å². The normalized spacial score (nSPS) is 14.9. The number of carbonyl (C=O) groups excluding carboxylic acids is 1. The van der Waals surface area contributed by atoms with E-state index in [-0.39, 0.29) is 11.8 Å². The van der Waals surface area contributed by atoms with Gasteiger partial charge in [0.2, 0.25) is 5.91 Å². The molecule has 0 radical (unpaired) electrons. The Hall–Kier alpha value is -4.70. The average molecular weight is 474 g/mol. The van der Waals surface area contributed by atoms with E-state index in [0.717, 1.165) is 64.6 Å². The summed E-state index contributed by atoms with van der Waals surface area (Å²) < 4.78 is 6.84. The highest BCUT2D eigenvalue weighted by Gasteiger charge is 2.28. The molecule has 0 unspecified atom stereocenters. The molecule has 36 heavy (non-hydrogen) atoms. The van der Waals surface area contributed by atoms with Crippen molar-refractivity contribution in [1.82, 2.24) is 14.5 Å². The van der Waals surface area contributed by atoms with Crippen molar-refractivity contribution in [2.24, 2.45) is 5.92 Å². The van der Waals surface area contributed by atoms with E-state index in [1.165, 1.54) is 6.39 Å². The molecule has 2 aromatic carbocycles. The summed E-state index contributed by atoms with van der Waals surface area (Å²) in [5.41, 5.74) is 3.03. The number of piperidine rings is 1. The highest BCUT2D eigenvalue weighted by Crippen LogP contribution is 2.32. The molecule has 5 aromatic rings. The van der Waals surface area contributed by atoms with E-state index in [2.05, 4.69) is 20.9 Å². The van der Waals surface area contributed by atoms with Crippen LogP contribution in [0.3, 0.4) is 0 Å². The topological polar surface area (TPSA) is 88.0 Å². The van der Waals surface area contributed by atoms with Crippen LogP contribution < -0.4 is 4.90 Å². The fourth-order valence-electron chi connectivity index (χ4n) is 5.09. The first-order valence-corrected chi connectivity index (χ1v) is 12.0. The number of benzene rings is 2. The number of hydrogen-bond donors (Lipinski definition) is 0. The van der Waals surface area contributed by atoms with Crippen molar-refractivity contribution < 1.29 is 9.21 Å². The first kappa shape index (κ1) is 21.8. The number of pyridine rings is 1. The van der Waals surface area contributed by atoms with Gasteiger partial charge in [0.15, 0.2) is 12.2 Å². The summed E-state index contributed by atoms with van der Waals surface area (Å²) >= 11 is 0. The lowest BCUT2D eigenvalue weighted by Gasteiger charge is -2.31. The number of carbonyl (C=O) groups is 1. The highest BCUT2D eigenvalue weighted by atomic mass is 16.3. The number of fused-ring (bicyclic) bond motifs is 2. The van der Waals surface area contributed by atoms with Crippen molar-refractivity contribution in [3.05, 3.63) is 90.9 Å². The molecule has 3 aromatic heterocycles. The summed E-state index contributed by atoms with van der Waals surface area (Å²) in [7, 11) is 0. The summed E-state index contributed by atoms with van der Waals surface area (Å²) in [6, 6.07) is 18.1. The molecule has 7 heteroatoms. The largest absolute Gasteiger partial charge is 0.449 e. The first-order chi connectivity index (χ1) is 17.7. The van der Waals surface area contributed by atoms with Gasteiger partial charge in [-0.3, -0.25) is 14.3 Å². The Labute approximate surface area is 207 Å². The van der Waals surface area contributed by atoms with Gasteiger partial charge in [-0.2, -0.15) is 10.2 Å². The maximum absolute atomic E-state index is 13.7. The maximum atomic E-state index is 13.7. The molecule has 1 aliphatic heterocycles. The summed E-state index contributed by atoms with van der Waals surface area (Å²) in [6.45, 7) is 1.49. The second-order valence-electron chi connectivity index (χ2n) is 8.99. The number of anilines is 1. The van der Waals surface area contributed by atoms with Crippen molar-refractivity contribution in [3.63, 3.8) is 0 Å². The predicted octanol–water partition coefficient (Wildman–Crippen LogP) is 5.80. The van der Waals surface area contributed by atoms with Crippen LogP contribution in [-0.2, 0) is 0 Å². The molecule has 176 valence electrons.